The molecule has 0 radical (unpaired) electrons. The van der Waals surface area contributed by atoms with Crippen LogP contribution in [-0.4, -0.2) is 0 Å². The van der Waals surface area contributed by atoms with Gasteiger partial charge in [0.2, 0.25) is 0 Å². The van der Waals surface area contributed by atoms with Gasteiger partial charge in [0, 0.05) is 22.4 Å². The summed E-state index contributed by atoms with van der Waals surface area (Å²) in [6.45, 7) is 4.70. The maximum Gasteiger partial charge on any atom is 0.0546 e. The van der Waals surface area contributed by atoms with Gasteiger partial charge in [-0.1, -0.05) is 184 Å². The van der Waals surface area contributed by atoms with Crippen molar-refractivity contribution in [1.29, 1.82) is 0 Å². The van der Waals surface area contributed by atoms with E-state index in [0.29, 0.717) is 0 Å². The van der Waals surface area contributed by atoms with Crippen LogP contribution in [0.3, 0.4) is 0 Å². The lowest BCUT2D eigenvalue weighted by Gasteiger charge is -2.31. The topological polar surface area (TPSA) is 3.24 Å². The van der Waals surface area contributed by atoms with Gasteiger partial charge >= 0.3 is 0 Å². The largest absolute Gasteiger partial charge is 0.310 e. The molecule has 9 aromatic rings. The van der Waals surface area contributed by atoms with E-state index in [1.54, 1.807) is 0 Å². The van der Waals surface area contributed by atoms with Gasteiger partial charge in [-0.05, 0) is 102 Å². The number of benzene rings is 9. The number of rotatable bonds is 6. The molecular formula is C53H39N. The molecule has 1 heteroatoms. The zero-order valence-corrected chi connectivity index (χ0v) is 30.5. The molecule has 0 N–H and O–H groups in total. The minimum absolute atomic E-state index is 0.0771. The summed E-state index contributed by atoms with van der Waals surface area (Å²) in [4.78, 5) is 2.49. The average Bonchev–Trinajstić information content (AvgIpc) is 3.46. The van der Waals surface area contributed by atoms with E-state index in [9.17, 15) is 0 Å². The first-order valence-corrected chi connectivity index (χ1v) is 18.9. The molecule has 0 atom stereocenters. The van der Waals surface area contributed by atoms with Crippen LogP contribution in [0.25, 0.3) is 66.1 Å². The summed E-state index contributed by atoms with van der Waals surface area (Å²) in [6, 6.07) is 73.5. The van der Waals surface area contributed by atoms with Gasteiger partial charge in [0.05, 0.1) is 5.69 Å². The molecule has 0 fully saturated rings. The lowest BCUT2D eigenvalue weighted by Crippen LogP contribution is -2.15. The van der Waals surface area contributed by atoms with Crippen molar-refractivity contribution in [3.63, 3.8) is 0 Å². The van der Waals surface area contributed by atoms with Crippen LogP contribution < -0.4 is 4.90 Å². The SMILES string of the molecule is CC1(C)c2ccccc2-c2cc(N(c3ccc4c(ccc5ccccc54)c3)c3cccc(-c4ccccc4)c3-c3ccccc3-c3ccccc3)ccc21. The summed E-state index contributed by atoms with van der Waals surface area (Å²) in [5.74, 6) is 0. The predicted octanol–water partition coefficient (Wildman–Crippen LogP) is 14.8. The Kier molecular flexibility index (Phi) is 7.56. The summed E-state index contributed by atoms with van der Waals surface area (Å²) in [7, 11) is 0. The molecule has 1 aliphatic carbocycles. The van der Waals surface area contributed by atoms with Crippen molar-refractivity contribution in [2.45, 2.75) is 19.3 Å². The van der Waals surface area contributed by atoms with Crippen LogP contribution in [0.1, 0.15) is 25.0 Å². The van der Waals surface area contributed by atoms with Crippen molar-refractivity contribution in [2.75, 3.05) is 4.90 Å². The Morgan fingerprint density at radius 2 is 0.907 bits per heavy atom. The summed E-state index contributed by atoms with van der Waals surface area (Å²) < 4.78 is 0. The van der Waals surface area contributed by atoms with Gasteiger partial charge in [-0.25, -0.2) is 0 Å². The quantitative estimate of drug-likeness (QED) is 0.157. The molecule has 0 amide bonds. The normalized spacial score (nSPS) is 12.8. The van der Waals surface area contributed by atoms with Gasteiger partial charge in [0.15, 0.2) is 0 Å². The van der Waals surface area contributed by atoms with E-state index in [4.69, 9.17) is 0 Å². The van der Waals surface area contributed by atoms with E-state index in [1.165, 1.54) is 77.2 Å². The second-order valence-corrected chi connectivity index (χ2v) is 14.9. The Labute approximate surface area is 317 Å². The fourth-order valence-electron chi connectivity index (χ4n) is 8.85. The first-order chi connectivity index (χ1) is 26.6. The lowest BCUT2D eigenvalue weighted by atomic mass is 9.82. The number of hydrogen-bond donors (Lipinski definition) is 0. The van der Waals surface area contributed by atoms with E-state index in [2.05, 4.69) is 219 Å². The van der Waals surface area contributed by atoms with E-state index >= 15 is 0 Å². The van der Waals surface area contributed by atoms with Gasteiger partial charge < -0.3 is 4.90 Å². The van der Waals surface area contributed by atoms with Gasteiger partial charge in [-0.15, -0.1) is 0 Å². The third-order valence-corrected chi connectivity index (χ3v) is 11.5. The number of anilines is 3. The predicted molar refractivity (Wildman–Crippen MR) is 230 cm³/mol. The highest BCUT2D eigenvalue weighted by Crippen LogP contribution is 2.53. The third kappa shape index (κ3) is 5.16. The molecule has 0 heterocycles. The van der Waals surface area contributed by atoms with E-state index in [0.717, 1.165) is 17.1 Å². The molecule has 1 nitrogen and oxygen atoms in total. The van der Waals surface area contributed by atoms with Gasteiger partial charge in [-0.2, -0.15) is 0 Å². The molecule has 256 valence electrons. The first kappa shape index (κ1) is 32.0. The van der Waals surface area contributed by atoms with E-state index in [1.807, 2.05) is 0 Å². The zero-order chi connectivity index (χ0) is 36.2. The van der Waals surface area contributed by atoms with Crippen molar-refractivity contribution in [3.05, 3.63) is 211 Å². The molecule has 0 aromatic heterocycles. The lowest BCUT2D eigenvalue weighted by molar-refractivity contribution is 0.660. The Balaban J connectivity index is 1.28. The third-order valence-electron chi connectivity index (χ3n) is 11.5. The van der Waals surface area contributed by atoms with Crippen LogP contribution in [-0.2, 0) is 5.41 Å². The molecule has 0 saturated carbocycles. The molecule has 9 aromatic carbocycles. The van der Waals surface area contributed by atoms with Crippen molar-refractivity contribution in [1.82, 2.24) is 0 Å². The fourth-order valence-corrected chi connectivity index (χ4v) is 8.85. The summed E-state index contributed by atoms with van der Waals surface area (Å²) in [6.07, 6.45) is 0. The summed E-state index contributed by atoms with van der Waals surface area (Å²) >= 11 is 0. The van der Waals surface area contributed by atoms with Gasteiger partial charge in [0.25, 0.3) is 0 Å². The highest BCUT2D eigenvalue weighted by Gasteiger charge is 2.36. The first-order valence-electron chi connectivity index (χ1n) is 18.9. The van der Waals surface area contributed by atoms with Crippen LogP contribution in [0.5, 0.6) is 0 Å². The molecule has 10 rings (SSSR count). The molecule has 0 bridgehead atoms. The maximum atomic E-state index is 2.49. The number of nitrogens with zero attached hydrogens (tertiary/aromatic N) is 1. The van der Waals surface area contributed by atoms with Crippen LogP contribution in [0.4, 0.5) is 17.1 Å². The standard InChI is InChI=1S/C53H39N/c1-53(2)49-26-14-13-23-46(49)48-35-41(31-33-50(48)53)54(40-30-32-44-39(34-40)29-28-38-20-9-10-21-42(38)44)51-27-15-25-45(37-18-7-4-8-19-37)52(51)47-24-12-11-22-43(47)36-16-5-3-6-17-36/h3-35H,1-2H3. The second-order valence-electron chi connectivity index (χ2n) is 14.9. The van der Waals surface area contributed by atoms with Crippen LogP contribution in [0, 0.1) is 0 Å². The molecular weight excluding hydrogens is 651 g/mol. The van der Waals surface area contributed by atoms with Crippen molar-refractivity contribution < 1.29 is 0 Å². The second kappa shape index (κ2) is 12.8. The highest BCUT2D eigenvalue weighted by atomic mass is 15.1. The van der Waals surface area contributed by atoms with Crippen molar-refractivity contribution >= 4 is 38.6 Å². The molecule has 1 aliphatic rings. The molecule has 0 saturated heterocycles. The molecule has 0 unspecified atom stereocenters. The Morgan fingerprint density at radius 3 is 1.70 bits per heavy atom. The summed E-state index contributed by atoms with van der Waals surface area (Å²) in [5.41, 5.74) is 15.8. The van der Waals surface area contributed by atoms with Crippen LogP contribution in [0.15, 0.2) is 200 Å². The fraction of sp³-hybridized carbons (Fsp3) is 0.0566. The summed E-state index contributed by atoms with van der Waals surface area (Å²) in [5, 5.41) is 5.00. The van der Waals surface area contributed by atoms with Crippen molar-refractivity contribution in [2.24, 2.45) is 0 Å². The monoisotopic (exact) mass is 689 g/mol. The molecule has 0 spiro atoms. The van der Waals surface area contributed by atoms with Gasteiger partial charge in [0.1, 0.15) is 0 Å². The van der Waals surface area contributed by atoms with Crippen LogP contribution in [0.2, 0.25) is 0 Å². The number of fused-ring (bicyclic) bond motifs is 6. The molecule has 54 heavy (non-hydrogen) atoms. The average molecular weight is 690 g/mol. The van der Waals surface area contributed by atoms with Gasteiger partial charge in [-0.3, -0.25) is 0 Å². The van der Waals surface area contributed by atoms with E-state index in [-0.39, 0.29) is 5.41 Å². The van der Waals surface area contributed by atoms with Crippen LogP contribution >= 0.6 is 0 Å². The smallest absolute Gasteiger partial charge is 0.0546 e. The van der Waals surface area contributed by atoms with Crippen molar-refractivity contribution in [3.8, 4) is 44.5 Å². The Bertz CT molecular complexity index is 2850. The number of hydrogen-bond acceptors (Lipinski definition) is 1. The molecule has 0 aliphatic heterocycles. The zero-order valence-electron chi connectivity index (χ0n) is 30.5. The minimum Gasteiger partial charge on any atom is -0.310 e. The van der Waals surface area contributed by atoms with E-state index < -0.39 is 0 Å². The maximum absolute atomic E-state index is 2.49. The highest BCUT2D eigenvalue weighted by molar-refractivity contribution is 6.09. The minimum atomic E-state index is -0.0771. The Morgan fingerprint density at radius 1 is 0.352 bits per heavy atom. The Hall–Kier alpha value is -6.70.